The number of hydrogen-bond donors (Lipinski definition) is 1. The van der Waals surface area contributed by atoms with Crippen molar-refractivity contribution < 1.29 is 13.5 Å². The van der Waals surface area contributed by atoms with Gasteiger partial charge >= 0.3 is 0 Å². The van der Waals surface area contributed by atoms with Crippen LogP contribution in [-0.2, 0) is 23.2 Å². The van der Waals surface area contributed by atoms with E-state index in [1.54, 1.807) is 19.2 Å². The van der Waals surface area contributed by atoms with E-state index in [-0.39, 0.29) is 11.5 Å². The maximum absolute atomic E-state index is 12.4. The van der Waals surface area contributed by atoms with Crippen LogP contribution >= 0.6 is 27.3 Å². The minimum atomic E-state index is -3.55. The minimum Gasteiger partial charge on any atom is -0.392 e. The van der Waals surface area contributed by atoms with Crippen molar-refractivity contribution in [2.75, 3.05) is 7.05 Å². The molecule has 1 aromatic carbocycles. The van der Waals surface area contributed by atoms with Crippen LogP contribution in [0, 0.1) is 0 Å². The van der Waals surface area contributed by atoms with E-state index in [1.807, 2.05) is 11.4 Å². The Kier molecular flexibility index (Phi) is 4.98. The average Bonchev–Trinajstić information content (AvgIpc) is 2.84. The molecule has 0 atom stereocenters. The Hall–Kier alpha value is -0.730. The van der Waals surface area contributed by atoms with Crippen molar-refractivity contribution in [3.63, 3.8) is 0 Å². The van der Waals surface area contributed by atoms with E-state index in [0.29, 0.717) is 12.1 Å². The predicted molar refractivity (Wildman–Crippen MR) is 83.0 cm³/mol. The summed E-state index contributed by atoms with van der Waals surface area (Å²) in [6.07, 6.45) is 0. The fraction of sp³-hybridized carbons (Fsp3) is 0.231. The Morgan fingerprint density at radius 3 is 2.65 bits per heavy atom. The van der Waals surface area contributed by atoms with E-state index in [0.717, 1.165) is 9.35 Å². The first kappa shape index (κ1) is 15.7. The molecule has 1 aromatic heterocycles. The third-order valence-electron chi connectivity index (χ3n) is 2.82. The van der Waals surface area contributed by atoms with Crippen LogP contribution < -0.4 is 0 Å². The molecule has 108 valence electrons. The van der Waals surface area contributed by atoms with E-state index >= 15 is 0 Å². The molecule has 0 amide bonds. The molecule has 20 heavy (non-hydrogen) atoms. The first-order valence-corrected chi connectivity index (χ1v) is 8.94. The fourth-order valence-electron chi connectivity index (χ4n) is 1.76. The Morgan fingerprint density at radius 2 is 2.05 bits per heavy atom. The molecule has 0 aliphatic heterocycles. The highest BCUT2D eigenvalue weighted by Crippen LogP contribution is 2.23. The first-order valence-electron chi connectivity index (χ1n) is 5.82. The Balaban J connectivity index is 2.24. The predicted octanol–water partition coefficient (Wildman–Crippen LogP) is 2.82. The highest BCUT2D eigenvalue weighted by atomic mass is 79.9. The zero-order chi connectivity index (χ0) is 14.8. The number of nitrogens with zero attached hydrogens (tertiary/aromatic N) is 1. The smallest absolute Gasteiger partial charge is 0.243 e. The SMILES string of the molecule is CN(Cc1csc(Br)c1)S(=O)(=O)c1cccc(CO)c1. The Morgan fingerprint density at radius 1 is 1.30 bits per heavy atom. The third-order valence-corrected chi connectivity index (χ3v) is 6.17. The van der Waals surface area contributed by atoms with Gasteiger partial charge < -0.3 is 5.11 Å². The number of halogens is 1. The summed E-state index contributed by atoms with van der Waals surface area (Å²) >= 11 is 4.88. The van der Waals surface area contributed by atoms with Crippen molar-refractivity contribution in [1.82, 2.24) is 4.31 Å². The normalized spacial score (nSPS) is 12.0. The van der Waals surface area contributed by atoms with Crippen LogP contribution in [0.15, 0.2) is 44.4 Å². The van der Waals surface area contributed by atoms with Crippen molar-refractivity contribution in [2.45, 2.75) is 18.0 Å². The standard InChI is InChI=1S/C13H14BrNO3S2/c1-15(7-11-6-13(14)19-9-11)20(17,18)12-4-2-3-10(5-12)8-16/h2-6,9,16H,7-8H2,1H3. The van der Waals surface area contributed by atoms with E-state index in [2.05, 4.69) is 15.9 Å². The molecule has 0 radical (unpaired) electrons. The van der Waals surface area contributed by atoms with Gasteiger partial charge in [-0.05, 0) is 50.6 Å². The lowest BCUT2D eigenvalue weighted by atomic mass is 10.2. The minimum absolute atomic E-state index is 0.176. The lowest BCUT2D eigenvalue weighted by molar-refractivity contribution is 0.281. The molecule has 0 aliphatic rings. The quantitative estimate of drug-likeness (QED) is 0.873. The van der Waals surface area contributed by atoms with Crippen LogP contribution in [0.4, 0.5) is 0 Å². The third kappa shape index (κ3) is 3.48. The van der Waals surface area contributed by atoms with Gasteiger partial charge in [-0.3, -0.25) is 0 Å². The molecule has 0 unspecified atom stereocenters. The molecule has 2 aromatic rings. The molecule has 0 aliphatic carbocycles. The van der Waals surface area contributed by atoms with Gasteiger partial charge in [0.15, 0.2) is 0 Å². The lowest BCUT2D eigenvalue weighted by Gasteiger charge is -2.17. The molecular formula is C13H14BrNO3S2. The van der Waals surface area contributed by atoms with Crippen LogP contribution in [0.25, 0.3) is 0 Å². The van der Waals surface area contributed by atoms with Crippen LogP contribution in [0.3, 0.4) is 0 Å². The molecule has 2 rings (SSSR count). The van der Waals surface area contributed by atoms with Gasteiger partial charge in [0.05, 0.1) is 15.3 Å². The topological polar surface area (TPSA) is 57.6 Å². The highest BCUT2D eigenvalue weighted by molar-refractivity contribution is 9.11. The van der Waals surface area contributed by atoms with Gasteiger partial charge in [-0.15, -0.1) is 11.3 Å². The van der Waals surface area contributed by atoms with Gasteiger partial charge in [-0.2, -0.15) is 4.31 Å². The number of benzene rings is 1. The molecule has 0 fully saturated rings. The number of aliphatic hydroxyl groups is 1. The largest absolute Gasteiger partial charge is 0.392 e. The molecule has 7 heteroatoms. The summed E-state index contributed by atoms with van der Waals surface area (Å²) < 4.78 is 27.2. The number of hydrogen-bond acceptors (Lipinski definition) is 4. The number of rotatable bonds is 5. The molecule has 0 saturated heterocycles. The average molecular weight is 376 g/mol. The van der Waals surface area contributed by atoms with Crippen LogP contribution in [0.1, 0.15) is 11.1 Å². The maximum atomic E-state index is 12.4. The first-order chi connectivity index (χ1) is 9.43. The van der Waals surface area contributed by atoms with Gasteiger partial charge in [0.2, 0.25) is 10.0 Å². The summed E-state index contributed by atoms with van der Waals surface area (Å²) in [6.45, 7) is 0.137. The van der Waals surface area contributed by atoms with Crippen LogP contribution in [0.5, 0.6) is 0 Å². The van der Waals surface area contributed by atoms with Crippen molar-refractivity contribution >= 4 is 37.3 Å². The van der Waals surface area contributed by atoms with E-state index in [4.69, 9.17) is 5.11 Å². The van der Waals surface area contributed by atoms with Crippen molar-refractivity contribution in [1.29, 1.82) is 0 Å². The van der Waals surface area contributed by atoms with Gasteiger partial charge in [0.25, 0.3) is 0 Å². The van der Waals surface area contributed by atoms with E-state index in [1.165, 1.54) is 27.8 Å². The zero-order valence-corrected chi connectivity index (χ0v) is 14.0. The molecule has 0 bridgehead atoms. The molecular weight excluding hydrogens is 362 g/mol. The van der Waals surface area contributed by atoms with Crippen LogP contribution in [-0.4, -0.2) is 24.9 Å². The molecule has 1 N–H and O–H groups in total. The molecule has 1 heterocycles. The van der Waals surface area contributed by atoms with Crippen molar-refractivity contribution in [3.8, 4) is 0 Å². The number of aliphatic hydroxyl groups excluding tert-OH is 1. The van der Waals surface area contributed by atoms with Crippen LogP contribution in [0.2, 0.25) is 0 Å². The lowest BCUT2D eigenvalue weighted by Crippen LogP contribution is -2.26. The number of sulfonamides is 1. The van der Waals surface area contributed by atoms with E-state index in [9.17, 15) is 8.42 Å². The monoisotopic (exact) mass is 375 g/mol. The molecule has 0 spiro atoms. The van der Waals surface area contributed by atoms with Gasteiger partial charge in [0.1, 0.15) is 0 Å². The maximum Gasteiger partial charge on any atom is 0.243 e. The fourth-order valence-corrected chi connectivity index (χ4v) is 4.19. The van der Waals surface area contributed by atoms with E-state index < -0.39 is 10.0 Å². The summed E-state index contributed by atoms with van der Waals surface area (Å²) in [6, 6.07) is 8.26. The Labute approximate surface area is 130 Å². The van der Waals surface area contributed by atoms with Crippen molar-refractivity contribution in [3.05, 3.63) is 50.6 Å². The zero-order valence-electron chi connectivity index (χ0n) is 10.8. The summed E-state index contributed by atoms with van der Waals surface area (Å²) in [5.41, 5.74) is 1.52. The highest BCUT2D eigenvalue weighted by Gasteiger charge is 2.21. The molecule has 0 saturated carbocycles. The van der Waals surface area contributed by atoms with Gasteiger partial charge in [-0.1, -0.05) is 12.1 Å². The number of thiophene rings is 1. The second kappa shape index (κ2) is 6.36. The Bertz CT molecular complexity index is 697. The van der Waals surface area contributed by atoms with Crippen molar-refractivity contribution in [2.24, 2.45) is 0 Å². The second-order valence-electron chi connectivity index (χ2n) is 4.33. The summed E-state index contributed by atoms with van der Waals surface area (Å²) in [4.78, 5) is 0.195. The summed E-state index contributed by atoms with van der Waals surface area (Å²) in [5.74, 6) is 0. The van der Waals surface area contributed by atoms with Gasteiger partial charge in [-0.25, -0.2) is 8.42 Å². The van der Waals surface area contributed by atoms with Gasteiger partial charge in [0, 0.05) is 13.6 Å². The summed E-state index contributed by atoms with van der Waals surface area (Å²) in [5, 5.41) is 11.0. The molecule has 4 nitrogen and oxygen atoms in total. The summed E-state index contributed by atoms with van der Waals surface area (Å²) in [7, 11) is -2.00. The second-order valence-corrected chi connectivity index (χ2v) is 8.66.